The summed E-state index contributed by atoms with van der Waals surface area (Å²) in [5, 5.41) is 0.292. The summed E-state index contributed by atoms with van der Waals surface area (Å²) in [5.41, 5.74) is -0.528. The third-order valence-corrected chi connectivity index (χ3v) is 5.90. The number of ketones is 1. The van der Waals surface area contributed by atoms with Crippen molar-refractivity contribution in [3.8, 4) is 0 Å². The second kappa shape index (κ2) is 6.44. The number of carbonyl (C=O) groups excluding carboxylic acids is 2. The van der Waals surface area contributed by atoms with Gasteiger partial charge in [-0.25, -0.2) is 9.78 Å². The summed E-state index contributed by atoms with van der Waals surface area (Å²) in [5.74, 6) is -0.0714. The molecule has 2 aliphatic rings. The highest BCUT2D eigenvalue weighted by molar-refractivity contribution is 5.95. The van der Waals surface area contributed by atoms with Gasteiger partial charge in [-0.1, -0.05) is 0 Å². The monoisotopic (exact) mass is 370 g/mol. The molecule has 27 heavy (non-hydrogen) atoms. The molecule has 2 aromatic heterocycles. The summed E-state index contributed by atoms with van der Waals surface area (Å²) >= 11 is 0. The Morgan fingerprint density at radius 3 is 2.56 bits per heavy atom. The van der Waals surface area contributed by atoms with E-state index in [-0.39, 0.29) is 35.0 Å². The fourth-order valence-electron chi connectivity index (χ4n) is 4.43. The number of Topliss-reactive ketones (excluding diaryl/α,β-unsaturated/α-hetero) is 1. The number of rotatable bonds is 2. The van der Waals surface area contributed by atoms with E-state index in [1.165, 1.54) is 24.7 Å². The molecule has 3 heterocycles. The number of amides is 1. The zero-order chi connectivity index (χ0) is 19.3. The first kappa shape index (κ1) is 17.6. The third kappa shape index (κ3) is 2.70. The summed E-state index contributed by atoms with van der Waals surface area (Å²) in [6, 6.07) is 3.00. The average molecular weight is 370 g/mol. The van der Waals surface area contributed by atoms with Crippen molar-refractivity contribution in [1.82, 2.24) is 19.0 Å². The van der Waals surface area contributed by atoms with Crippen LogP contribution in [0.3, 0.4) is 0 Å². The standard InChI is InChI=1S/C19H22N4O4/c1-21-16-12(17(25)22(2)19(21)27)8-9-13(20-16)18(26)23-10-4-6-14(23)11-5-3-7-15(11)24/h8-9,11,14H,3-7,10H2,1-2H3/t11-,14-/m1/s1. The van der Waals surface area contributed by atoms with Gasteiger partial charge in [-0.3, -0.25) is 23.5 Å². The Morgan fingerprint density at radius 2 is 1.85 bits per heavy atom. The first-order valence-electron chi connectivity index (χ1n) is 9.30. The summed E-state index contributed by atoms with van der Waals surface area (Å²) in [6.45, 7) is 0.600. The van der Waals surface area contributed by atoms with Crippen LogP contribution in [0, 0.1) is 5.92 Å². The highest BCUT2D eigenvalue weighted by atomic mass is 16.2. The van der Waals surface area contributed by atoms with Gasteiger partial charge in [0.25, 0.3) is 11.5 Å². The molecule has 1 saturated heterocycles. The fraction of sp³-hybridized carbons (Fsp3) is 0.526. The van der Waals surface area contributed by atoms with Crippen molar-refractivity contribution in [2.24, 2.45) is 20.0 Å². The average Bonchev–Trinajstić information content (AvgIpc) is 3.32. The maximum Gasteiger partial charge on any atom is 0.332 e. The van der Waals surface area contributed by atoms with E-state index in [2.05, 4.69) is 4.98 Å². The van der Waals surface area contributed by atoms with Crippen molar-refractivity contribution in [1.29, 1.82) is 0 Å². The van der Waals surface area contributed by atoms with E-state index < -0.39 is 11.2 Å². The summed E-state index contributed by atoms with van der Waals surface area (Å²) in [6.07, 6.45) is 4.02. The normalized spacial score (nSPS) is 22.7. The summed E-state index contributed by atoms with van der Waals surface area (Å²) < 4.78 is 2.29. The molecule has 1 amide bonds. The molecule has 2 atom stereocenters. The molecule has 4 rings (SSSR count). The van der Waals surface area contributed by atoms with E-state index in [9.17, 15) is 19.2 Å². The number of fused-ring (bicyclic) bond motifs is 1. The van der Waals surface area contributed by atoms with Gasteiger partial charge in [0.15, 0.2) is 0 Å². The first-order valence-corrected chi connectivity index (χ1v) is 9.30. The molecule has 2 fully saturated rings. The van der Waals surface area contributed by atoms with Gasteiger partial charge >= 0.3 is 5.69 Å². The second-order valence-electron chi connectivity index (χ2n) is 7.45. The lowest BCUT2D eigenvalue weighted by Gasteiger charge is -2.28. The van der Waals surface area contributed by atoms with E-state index in [1.54, 1.807) is 11.0 Å². The minimum atomic E-state index is -0.486. The Balaban J connectivity index is 1.73. The van der Waals surface area contributed by atoms with E-state index >= 15 is 0 Å². The zero-order valence-corrected chi connectivity index (χ0v) is 15.5. The minimum Gasteiger partial charge on any atom is -0.334 e. The molecule has 1 aliphatic heterocycles. The number of aromatic nitrogens is 3. The van der Waals surface area contributed by atoms with Crippen molar-refractivity contribution in [2.45, 2.75) is 38.1 Å². The van der Waals surface area contributed by atoms with Crippen LogP contribution < -0.4 is 11.2 Å². The highest BCUT2D eigenvalue weighted by Gasteiger charge is 2.40. The van der Waals surface area contributed by atoms with Gasteiger partial charge in [-0.2, -0.15) is 0 Å². The Bertz CT molecular complexity index is 1070. The van der Waals surface area contributed by atoms with Gasteiger partial charge in [-0.15, -0.1) is 0 Å². The lowest BCUT2D eigenvalue weighted by molar-refractivity contribution is -0.121. The van der Waals surface area contributed by atoms with E-state index in [0.717, 1.165) is 30.3 Å². The number of nitrogens with zero attached hydrogens (tertiary/aromatic N) is 4. The summed E-state index contributed by atoms with van der Waals surface area (Å²) in [4.78, 5) is 55.8. The maximum atomic E-state index is 13.1. The molecule has 8 nitrogen and oxygen atoms in total. The molecule has 1 saturated carbocycles. The van der Waals surface area contributed by atoms with Crippen LogP contribution in [0.15, 0.2) is 21.7 Å². The van der Waals surface area contributed by atoms with Crippen LogP contribution in [0.25, 0.3) is 11.0 Å². The molecule has 142 valence electrons. The fourth-order valence-corrected chi connectivity index (χ4v) is 4.43. The van der Waals surface area contributed by atoms with Gasteiger partial charge in [0, 0.05) is 39.0 Å². The number of hydrogen-bond acceptors (Lipinski definition) is 5. The first-order chi connectivity index (χ1) is 12.9. The van der Waals surface area contributed by atoms with Gasteiger partial charge in [0.05, 0.1) is 5.39 Å². The van der Waals surface area contributed by atoms with Crippen molar-refractivity contribution in [2.75, 3.05) is 6.54 Å². The van der Waals surface area contributed by atoms with Gasteiger partial charge in [0.2, 0.25) is 0 Å². The molecular weight excluding hydrogens is 348 g/mol. The predicted molar refractivity (Wildman–Crippen MR) is 98.6 cm³/mol. The molecule has 0 aromatic carbocycles. The largest absolute Gasteiger partial charge is 0.334 e. The topological polar surface area (TPSA) is 94.3 Å². The van der Waals surface area contributed by atoms with Crippen molar-refractivity contribution in [3.05, 3.63) is 38.7 Å². The molecule has 0 spiro atoms. The van der Waals surface area contributed by atoms with Crippen LogP contribution in [-0.4, -0.2) is 43.3 Å². The zero-order valence-electron chi connectivity index (χ0n) is 15.5. The highest BCUT2D eigenvalue weighted by Crippen LogP contribution is 2.34. The van der Waals surface area contributed by atoms with Crippen LogP contribution in [0.4, 0.5) is 0 Å². The molecule has 1 aliphatic carbocycles. The van der Waals surface area contributed by atoms with E-state index in [0.29, 0.717) is 18.4 Å². The van der Waals surface area contributed by atoms with Crippen LogP contribution >= 0.6 is 0 Å². The lowest BCUT2D eigenvalue weighted by Crippen LogP contribution is -2.42. The predicted octanol–water partition coefficient (Wildman–Crippen LogP) is 0.606. The molecule has 0 unspecified atom stereocenters. The quantitative estimate of drug-likeness (QED) is 0.772. The smallest absolute Gasteiger partial charge is 0.332 e. The molecule has 0 radical (unpaired) electrons. The Hall–Kier alpha value is -2.77. The minimum absolute atomic E-state index is 0.0718. The van der Waals surface area contributed by atoms with Gasteiger partial charge in [0.1, 0.15) is 17.1 Å². The number of pyridine rings is 1. The maximum absolute atomic E-state index is 13.1. The Kier molecular flexibility index (Phi) is 4.20. The van der Waals surface area contributed by atoms with Gasteiger partial charge < -0.3 is 4.90 Å². The lowest BCUT2D eigenvalue weighted by atomic mass is 9.95. The van der Waals surface area contributed by atoms with Crippen molar-refractivity contribution in [3.63, 3.8) is 0 Å². The number of aryl methyl sites for hydroxylation is 1. The molecule has 8 heteroatoms. The van der Waals surface area contributed by atoms with Crippen LogP contribution in [0.1, 0.15) is 42.6 Å². The number of likely N-dealkylation sites (tertiary alicyclic amines) is 1. The third-order valence-electron chi connectivity index (χ3n) is 5.90. The molecule has 0 N–H and O–H groups in total. The van der Waals surface area contributed by atoms with Crippen LogP contribution in [-0.2, 0) is 18.9 Å². The summed E-state index contributed by atoms with van der Waals surface area (Å²) in [7, 11) is 2.94. The van der Waals surface area contributed by atoms with Crippen molar-refractivity contribution >= 4 is 22.7 Å². The number of carbonyl (C=O) groups is 2. The molecular formula is C19H22N4O4. The second-order valence-corrected chi connectivity index (χ2v) is 7.45. The molecule has 2 aromatic rings. The SMILES string of the molecule is Cn1c(=O)c2ccc(C(=O)N3CCC[C@@H]3[C@H]3CCCC3=O)nc2n(C)c1=O. The van der Waals surface area contributed by atoms with Crippen LogP contribution in [0.2, 0.25) is 0 Å². The van der Waals surface area contributed by atoms with E-state index in [1.807, 2.05) is 0 Å². The van der Waals surface area contributed by atoms with Crippen LogP contribution in [0.5, 0.6) is 0 Å². The molecule has 0 bridgehead atoms. The Labute approximate surface area is 155 Å². The van der Waals surface area contributed by atoms with Crippen molar-refractivity contribution < 1.29 is 9.59 Å². The number of hydrogen-bond donors (Lipinski definition) is 0. The Morgan fingerprint density at radius 1 is 1.07 bits per heavy atom. The van der Waals surface area contributed by atoms with Gasteiger partial charge in [-0.05, 0) is 37.8 Å². The van der Waals surface area contributed by atoms with E-state index in [4.69, 9.17) is 0 Å².